The van der Waals surface area contributed by atoms with Crippen molar-refractivity contribution in [2.75, 3.05) is 27.3 Å². The van der Waals surface area contributed by atoms with E-state index < -0.39 is 11.3 Å². The van der Waals surface area contributed by atoms with Crippen LogP contribution in [0.5, 0.6) is 11.5 Å². The van der Waals surface area contributed by atoms with Gasteiger partial charge in [0.15, 0.2) is 5.72 Å². The van der Waals surface area contributed by atoms with Crippen LogP contribution in [0.1, 0.15) is 41.5 Å². The van der Waals surface area contributed by atoms with E-state index in [4.69, 9.17) is 9.47 Å². The fraction of sp³-hybridized carbons (Fsp3) is 0.464. The third-order valence-electron chi connectivity index (χ3n) is 7.38. The molecule has 1 unspecified atom stereocenters. The molecular formula is C28H37N3O4. The Balaban J connectivity index is 1.54. The van der Waals surface area contributed by atoms with Crippen LogP contribution >= 0.6 is 0 Å². The number of hydrogen-bond donors (Lipinski definition) is 2. The van der Waals surface area contributed by atoms with Gasteiger partial charge in [-0.1, -0.05) is 35.4 Å². The molecule has 0 bridgehead atoms. The molecule has 7 heteroatoms. The molecule has 2 fully saturated rings. The molecule has 0 radical (unpaired) electrons. The number of likely N-dealkylation sites (tertiary alicyclic amines) is 1. The number of piperidine rings is 1. The van der Waals surface area contributed by atoms with Crippen molar-refractivity contribution in [2.45, 2.75) is 57.5 Å². The van der Waals surface area contributed by atoms with Crippen LogP contribution in [-0.4, -0.2) is 59.5 Å². The van der Waals surface area contributed by atoms with Crippen molar-refractivity contribution in [3.8, 4) is 11.5 Å². The van der Waals surface area contributed by atoms with E-state index in [9.17, 15) is 9.90 Å². The maximum absolute atomic E-state index is 13.2. The van der Waals surface area contributed by atoms with Crippen LogP contribution < -0.4 is 14.8 Å². The Kier molecular flexibility index (Phi) is 7.10. The molecule has 1 atom stereocenters. The number of carbonyl (C=O) groups excluding carboxylic acids is 1. The number of methoxy groups -OCH3 is 2. The summed E-state index contributed by atoms with van der Waals surface area (Å²) in [5, 5.41) is 15.2. The molecule has 0 aliphatic carbocycles. The molecule has 35 heavy (non-hydrogen) atoms. The van der Waals surface area contributed by atoms with Gasteiger partial charge in [0.2, 0.25) is 0 Å². The first-order chi connectivity index (χ1) is 16.7. The Morgan fingerprint density at radius 3 is 2.09 bits per heavy atom. The molecule has 2 N–H and O–H groups in total. The Hall–Kier alpha value is -3.03. The second-order valence-corrected chi connectivity index (χ2v) is 9.90. The van der Waals surface area contributed by atoms with Crippen LogP contribution in [0.2, 0.25) is 0 Å². The van der Waals surface area contributed by atoms with Gasteiger partial charge in [-0.15, -0.1) is 6.58 Å². The van der Waals surface area contributed by atoms with E-state index in [-0.39, 0.29) is 19.0 Å². The number of amides is 2. The Bertz CT molecular complexity index is 1050. The molecular weight excluding hydrogens is 442 g/mol. The Morgan fingerprint density at radius 1 is 0.971 bits per heavy atom. The summed E-state index contributed by atoms with van der Waals surface area (Å²) < 4.78 is 10.8. The fourth-order valence-corrected chi connectivity index (χ4v) is 5.68. The van der Waals surface area contributed by atoms with Crippen molar-refractivity contribution >= 4 is 6.03 Å². The maximum atomic E-state index is 13.2. The van der Waals surface area contributed by atoms with Gasteiger partial charge in [0, 0.05) is 32.1 Å². The zero-order chi connectivity index (χ0) is 25.2. The van der Waals surface area contributed by atoms with Crippen molar-refractivity contribution in [1.29, 1.82) is 0 Å². The average molecular weight is 480 g/mol. The van der Waals surface area contributed by atoms with Crippen molar-refractivity contribution in [3.05, 3.63) is 71.3 Å². The number of urea groups is 1. The van der Waals surface area contributed by atoms with E-state index in [0.29, 0.717) is 24.3 Å². The van der Waals surface area contributed by atoms with Gasteiger partial charge in [-0.3, -0.25) is 9.80 Å². The SMILES string of the molecule is C=CCC1(O)N(Cc2cc(OC)cc(OC)c2)C(=O)NC12CCN(Cc1cc(C)cc(C)c1)CC2. The summed E-state index contributed by atoms with van der Waals surface area (Å²) >= 11 is 0. The minimum Gasteiger partial charge on any atom is -0.497 e. The number of hydrogen-bond acceptors (Lipinski definition) is 5. The second kappa shape index (κ2) is 9.91. The number of nitrogens with one attached hydrogen (secondary N) is 1. The van der Waals surface area contributed by atoms with E-state index in [1.807, 2.05) is 12.1 Å². The third-order valence-corrected chi connectivity index (χ3v) is 7.38. The largest absolute Gasteiger partial charge is 0.497 e. The number of aliphatic hydroxyl groups is 1. The van der Waals surface area contributed by atoms with E-state index in [1.165, 1.54) is 16.7 Å². The van der Waals surface area contributed by atoms with Crippen LogP contribution in [0, 0.1) is 13.8 Å². The van der Waals surface area contributed by atoms with Crippen molar-refractivity contribution in [1.82, 2.24) is 15.1 Å². The molecule has 2 aromatic carbocycles. The summed E-state index contributed by atoms with van der Waals surface area (Å²) in [6.07, 6.45) is 3.30. The van der Waals surface area contributed by atoms with Crippen LogP contribution in [0.15, 0.2) is 49.1 Å². The second-order valence-electron chi connectivity index (χ2n) is 9.90. The molecule has 2 aliphatic rings. The van der Waals surface area contributed by atoms with E-state index in [0.717, 1.165) is 25.2 Å². The fourth-order valence-electron chi connectivity index (χ4n) is 5.68. The van der Waals surface area contributed by atoms with Crippen LogP contribution in [0.4, 0.5) is 4.79 Å². The lowest BCUT2D eigenvalue weighted by atomic mass is 9.76. The van der Waals surface area contributed by atoms with E-state index >= 15 is 0 Å². The first kappa shape index (κ1) is 25.1. The molecule has 2 saturated heterocycles. The molecule has 2 aliphatic heterocycles. The highest BCUT2D eigenvalue weighted by molar-refractivity contribution is 5.79. The minimum absolute atomic E-state index is 0.234. The predicted octanol–water partition coefficient (Wildman–Crippen LogP) is 4.15. The highest BCUT2D eigenvalue weighted by Gasteiger charge is 2.61. The van der Waals surface area contributed by atoms with Crippen molar-refractivity contribution < 1.29 is 19.4 Å². The standard InChI is InChI=1S/C28H37N3O4/c1-6-7-28(33)27(8-10-30(11-9-27)18-22-13-20(2)12-21(3)14-22)29-26(32)31(28)19-23-15-24(34-4)17-25(16-23)35-5/h6,12-17,33H,1,7-11,18-19H2,2-5H3,(H,29,32). The Morgan fingerprint density at radius 2 is 1.54 bits per heavy atom. The number of benzene rings is 2. The summed E-state index contributed by atoms with van der Waals surface area (Å²) in [6, 6.07) is 11.9. The number of rotatable bonds is 8. The number of ether oxygens (including phenoxy) is 2. The first-order valence-electron chi connectivity index (χ1n) is 12.2. The molecule has 4 rings (SSSR count). The molecule has 0 aromatic heterocycles. The van der Waals surface area contributed by atoms with Crippen molar-refractivity contribution in [3.63, 3.8) is 0 Å². The molecule has 188 valence electrons. The van der Waals surface area contributed by atoms with Crippen LogP contribution in [-0.2, 0) is 13.1 Å². The quantitative estimate of drug-likeness (QED) is 0.557. The van der Waals surface area contributed by atoms with E-state index in [1.54, 1.807) is 31.3 Å². The Labute approximate surface area is 208 Å². The highest BCUT2D eigenvalue weighted by Crippen LogP contribution is 2.44. The van der Waals surface area contributed by atoms with Gasteiger partial charge in [-0.05, 0) is 49.9 Å². The van der Waals surface area contributed by atoms with Gasteiger partial charge in [0.05, 0.1) is 26.3 Å². The van der Waals surface area contributed by atoms with Gasteiger partial charge >= 0.3 is 6.03 Å². The zero-order valence-corrected chi connectivity index (χ0v) is 21.3. The number of nitrogens with zero attached hydrogens (tertiary/aromatic N) is 2. The highest BCUT2D eigenvalue weighted by atomic mass is 16.5. The average Bonchev–Trinajstić information content (AvgIpc) is 3.01. The molecule has 0 saturated carbocycles. The van der Waals surface area contributed by atoms with Crippen LogP contribution in [0.25, 0.3) is 0 Å². The van der Waals surface area contributed by atoms with Crippen LogP contribution in [0.3, 0.4) is 0 Å². The first-order valence-corrected chi connectivity index (χ1v) is 12.2. The molecule has 2 amide bonds. The topological polar surface area (TPSA) is 74.3 Å². The van der Waals surface area contributed by atoms with Gasteiger partial charge < -0.3 is 19.9 Å². The molecule has 1 spiro atoms. The zero-order valence-electron chi connectivity index (χ0n) is 21.3. The number of carbonyl (C=O) groups is 1. The lowest BCUT2D eigenvalue weighted by molar-refractivity contribution is -0.130. The monoisotopic (exact) mass is 479 g/mol. The minimum atomic E-state index is -1.38. The van der Waals surface area contributed by atoms with Gasteiger partial charge in [-0.2, -0.15) is 0 Å². The van der Waals surface area contributed by atoms with E-state index in [2.05, 4.69) is 48.8 Å². The summed E-state index contributed by atoms with van der Waals surface area (Å²) in [5.41, 5.74) is 2.53. The lowest BCUT2D eigenvalue weighted by Crippen LogP contribution is -2.64. The molecule has 2 aromatic rings. The maximum Gasteiger partial charge on any atom is 0.320 e. The third kappa shape index (κ3) is 4.88. The lowest BCUT2D eigenvalue weighted by Gasteiger charge is -2.48. The summed E-state index contributed by atoms with van der Waals surface area (Å²) in [5.74, 6) is 1.28. The summed E-state index contributed by atoms with van der Waals surface area (Å²) in [7, 11) is 3.19. The normalized spacial score (nSPS) is 21.7. The molecule has 7 nitrogen and oxygen atoms in total. The number of aryl methyl sites for hydroxylation is 2. The molecule has 2 heterocycles. The van der Waals surface area contributed by atoms with Gasteiger partial charge in [-0.25, -0.2) is 4.79 Å². The van der Waals surface area contributed by atoms with Crippen molar-refractivity contribution in [2.24, 2.45) is 0 Å². The van der Waals surface area contributed by atoms with Gasteiger partial charge in [0.25, 0.3) is 0 Å². The summed E-state index contributed by atoms with van der Waals surface area (Å²) in [4.78, 5) is 17.2. The smallest absolute Gasteiger partial charge is 0.320 e. The summed E-state index contributed by atoms with van der Waals surface area (Å²) in [6.45, 7) is 10.8. The van der Waals surface area contributed by atoms with Gasteiger partial charge in [0.1, 0.15) is 11.5 Å². The predicted molar refractivity (Wildman–Crippen MR) is 137 cm³/mol.